The lowest BCUT2D eigenvalue weighted by Crippen LogP contribution is -2.54. The van der Waals surface area contributed by atoms with Gasteiger partial charge in [0.1, 0.15) is 17.1 Å². The van der Waals surface area contributed by atoms with Gasteiger partial charge in [0.25, 0.3) is 0 Å². The molecule has 0 saturated carbocycles. The maximum Gasteiger partial charge on any atom is 0.187 e. The number of ether oxygens (including phenoxy) is 1. The fraction of sp³-hybridized carbons (Fsp3) is 0.458. The van der Waals surface area contributed by atoms with E-state index < -0.39 is 4.75 Å². The van der Waals surface area contributed by atoms with Crippen LogP contribution in [0.4, 0.5) is 0 Å². The standard InChI is InChI=1S/C24H28BrNO2S/c1-16-6-8-19(9-7-16)29-24(14-26-10-4-5-17(2)13-26)15-28-22-11-18(3)21(25)12-20(22)23(24)27/h6-9,11-12,17H,4-5,10,13-15H2,1-3H3. The molecule has 2 aliphatic heterocycles. The van der Waals surface area contributed by atoms with Crippen molar-refractivity contribution in [2.45, 2.75) is 43.3 Å². The van der Waals surface area contributed by atoms with E-state index in [0.29, 0.717) is 23.8 Å². The molecule has 0 radical (unpaired) electrons. The van der Waals surface area contributed by atoms with Crippen LogP contribution in [0.25, 0.3) is 0 Å². The molecule has 5 heteroatoms. The third-order valence-corrected chi connectivity index (χ3v) is 8.12. The molecule has 3 nitrogen and oxygen atoms in total. The molecule has 0 N–H and O–H groups in total. The number of hydrogen-bond donors (Lipinski definition) is 0. The van der Waals surface area contributed by atoms with Gasteiger partial charge in [-0.25, -0.2) is 0 Å². The minimum Gasteiger partial charge on any atom is -0.491 e. The molecule has 0 aromatic heterocycles. The molecule has 29 heavy (non-hydrogen) atoms. The monoisotopic (exact) mass is 473 g/mol. The Morgan fingerprint density at radius 1 is 1.24 bits per heavy atom. The first kappa shape index (κ1) is 21.0. The summed E-state index contributed by atoms with van der Waals surface area (Å²) in [6, 6.07) is 12.4. The van der Waals surface area contributed by atoms with Crippen LogP contribution in [-0.2, 0) is 0 Å². The van der Waals surface area contributed by atoms with Crippen LogP contribution in [-0.4, -0.2) is 41.7 Å². The Kier molecular flexibility index (Phi) is 6.10. The second-order valence-electron chi connectivity index (χ2n) is 8.61. The van der Waals surface area contributed by atoms with E-state index in [9.17, 15) is 4.79 Å². The first-order valence-electron chi connectivity index (χ1n) is 10.3. The zero-order valence-corrected chi connectivity index (χ0v) is 19.7. The molecule has 4 rings (SSSR count). The van der Waals surface area contributed by atoms with Crippen LogP contribution in [0.2, 0.25) is 0 Å². The summed E-state index contributed by atoms with van der Waals surface area (Å²) >= 11 is 5.26. The number of likely N-dealkylation sites (tertiary alicyclic amines) is 1. The number of carbonyl (C=O) groups excluding carboxylic acids is 1. The molecule has 2 aliphatic rings. The summed E-state index contributed by atoms with van der Waals surface area (Å²) in [6.07, 6.45) is 2.47. The molecule has 0 bridgehead atoms. The second kappa shape index (κ2) is 8.44. The fourth-order valence-electron chi connectivity index (χ4n) is 4.31. The Hall–Kier alpha value is -1.30. The van der Waals surface area contributed by atoms with Gasteiger partial charge in [-0.05, 0) is 69.0 Å². The van der Waals surface area contributed by atoms with Crippen LogP contribution in [0.3, 0.4) is 0 Å². The van der Waals surface area contributed by atoms with Crippen LogP contribution in [0, 0.1) is 19.8 Å². The molecule has 2 aromatic carbocycles. The number of hydrogen-bond acceptors (Lipinski definition) is 4. The number of piperidine rings is 1. The summed E-state index contributed by atoms with van der Waals surface area (Å²) < 4.78 is 6.54. The molecule has 2 atom stereocenters. The zero-order valence-electron chi connectivity index (χ0n) is 17.3. The molecule has 2 unspecified atom stereocenters. The number of carbonyl (C=O) groups is 1. The summed E-state index contributed by atoms with van der Waals surface area (Å²) in [5.41, 5.74) is 3.00. The van der Waals surface area contributed by atoms with E-state index in [-0.39, 0.29) is 5.78 Å². The SMILES string of the molecule is Cc1ccc(SC2(CN3CCCC(C)C3)COc3cc(C)c(Br)cc3C2=O)cc1. The average Bonchev–Trinajstić information content (AvgIpc) is 2.69. The quantitative estimate of drug-likeness (QED) is 0.552. The van der Waals surface area contributed by atoms with Gasteiger partial charge in [-0.15, -0.1) is 11.8 Å². The second-order valence-corrected chi connectivity index (χ2v) is 10.9. The average molecular weight is 474 g/mol. The Balaban J connectivity index is 1.70. The van der Waals surface area contributed by atoms with Crippen LogP contribution < -0.4 is 4.74 Å². The number of nitrogens with zero attached hydrogens (tertiary/aromatic N) is 1. The van der Waals surface area contributed by atoms with E-state index in [1.807, 2.05) is 19.1 Å². The number of halogens is 1. The minimum atomic E-state index is -0.631. The van der Waals surface area contributed by atoms with Crippen molar-refractivity contribution in [3.63, 3.8) is 0 Å². The Morgan fingerprint density at radius 3 is 2.72 bits per heavy atom. The van der Waals surface area contributed by atoms with Gasteiger partial charge in [-0.1, -0.05) is 40.5 Å². The molecule has 0 aliphatic carbocycles. The van der Waals surface area contributed by atoms with Crippen molar-refractivity contribution in [2.24, 2.45) is 5.92 Å². The minimum absolute atomic E-state index is 0.184. The molecule has 154 valence electrons. The van der Waals surface area contributed by atoms with Crippen LogP contribution in [0.5, 0.6) is 5.75 Å². The molecule has 1 fully saturated rings. The normalized spacial score (nSPS) is 24.8. The maximum atomic E-state index is 13.9. The zero-order chi connectivity index (χ0) is 20.6. The Bertz CT molecular complexity index is 914. The highest BCUT2D eigenvalue weighted by atomic mass is 79.9. The van der Waals surface area contributed by atoms with E-state index >= 15 is 0 Å². The highest BCUT2D eigenvalue weighted by molar-refractivity contribution is 9.10. The lowest BCUT2D eigenvalue weighted by molar-refractivity contribution is 0.0786. The van der Waals surface area contributed by atoms with E-state index in [1.54, 1.807) is 11.8 Å². The van der Waals surface area contributed by atoms with Crippen molar-refractivity contribution in [3.05, 3.63) is 57.6 Å². The van der Waals surface area contributed by atoms with Gasteiger partial charge in [0.2, 0.25) is 0 Å². The van der Waals surface area contributed by atoms with Crippen molar-refractivity contribution in [1.82, 2.24) is 4.90 Å². The van der Waals surface area contributed by atoms with Gasteiger partial charge in [-0.3, -0.25) is 4.79 Å². The summed E-state index contributed by atoms with van der Waals surface area (Å²) in [4.78, 5) is 17.5. The first-order valence-corrected chi connectivity index (χ1v) is 11.9. The van der Waals surface area contributed by atoms with Gasteiger partial charge in [-0.2, -0.15) is 0 Å². The van der Waals surface area contributed by atoms with E-state index in [2.05, 4.69) is 58.9 Å². The Labute approximate surface area is 186 Å². The molecular weight excluding hydrogens is 446 g/mol. The number of benzene rings is 2. The first-order chi connectivity index (χ1) is 13.9. The van der Waals surface area contributed by atoms with Gasteiger partial charge in [0.05, 0.1) is 5.56 Å². The smallest absolute Gasteiger partial charge is 0.187 e. The number of aryl methyl sites for hydroxylation is 2. The topological polar surface area (TPSA) is 29.5 Å². The van der Waals surface area contributed by atoms with Crippen LogP contribution in [0.15, 0.2) is 45.8 Å². The number of ketones is 1. The summed E-state index contributed by atoms with van der Waals surface area (Å²) in [5, 5.41) is 0. The van der Waals surface area contributed by atoms with Crippen molar-refractivity contribution < 1.29 is 9.53 Å². The molecule has 2 heterocycles. The molecule has 2 aromatic rings. The lowest BCUT2D eigenvalue weighted by atomic mass is 9.91. The van der Waals surface area contributed by atoms with Gasteiger partial charge >= 0.3 is 0 Å². The largest absolute Gasteiger partial charge is 0.491 e. The highest BCUT2D eigenvalue weighted by Gasteiger charge is 2.47. The van der Waals surface area contributed by atoms with Crippen molar-refractivity contribution in [2.75, 3.05) is 26.2 Å². The number of Topliss-reactive ketones (excluding diaryl/α,β-unsaturated/α-hetero) is 1. The molecular formula is C24H28BrNO2S. The Morgan fingerprint density at radius 2 is 2.00 bits per heavy atom. The van der Waals surface area contributed by atoms with E-state index in [4.69, 9.17) is 4.74 Å². The number of thioether (sulfide) groups is 1. The van der Waals surface area contributed by atoms with Gasteiger partial charge in [0, 0.05) is 22.5 Å². The molecule has 0 amide bonds. The molecule has 0 spiro atoms. The summed E-state index contributed by atoms with van der Waals surface area (Å²) in [6.45, 7) is 9.65. The van der Waals surface area contributed by atoms with Crippen molar-refractivity contribution in [3.8, 4) is 5.75 Å². The van der Waals surface area contributed by atoms with E-state index in [1.165, 1.54) is 18.4 Å². The van der Waals surface area contributed by atoms with E-state index in [0.717, 1.165) is 34.6 Å². The van der Waals surface area contributed by atoms with Crippen LogP contribution in [0.1, 0.15) is 41.3 Å². The predicted molar refractivity (Wildman–Crippen MR) is 123 cm³/mol. The van der Waals surface area contributed by atoms with Crippen LogP contribution >= 0.6 is 27.7 Å². The highest BCUT2D eigenvalue weighted by Crippen LogP contribution is 2.43. The third-order valence-electron chi connectivity index (χ3n) is 5.93. The number of rotatable bonds is 4. The lowest BCUT2D eigenvalue weighted by Gasteiger charge is -2.41. The van der Waals surface area contributed by atoms with Crippen molar-refractivity contribution in [1.29, 1.82) is 0 Å². The molecule has 1 saturated heterocycles. The third kappa shape index (κ3) is 4.42. The summed E-state index contributed by atoms with van der Waals surface area (Å²) in [5.74, 6) is 1.57. The maximum absolute atomic E-state index is 13.9. The summed E-state index contributed by atoms with van der Waals surface area (Å²) in [7, 11) is 0. The van der Waals surface area contributed by atoms with Crippen molar-refractivity contribution >= 4 is 33.5 Å². The number of fused-ring (bicyclic) bond motifs is 1. The van der Waals surface area contributed by atoms with Gasteiger partial charge < -0.3 is 9.64 Å². The fourth-order valence-corrected chi connectivity index (χ4v) is 5.94. The predicted octanol–water partition coefficient (Wildman–Crippen LogP) is 5.90. The van der Waals surface area contributed by atoms with Gasteiger partial charge in [0.15, 0.2) is 5.78 Å².